The van der Waals surface area contributed by atoms with E-state index < -0.39 is 79.0 Å². The maximum Gasteiger partial charge on any atom is 0.326 e. The van der Waals surface area contributed by atoms with E-state index in [0.29, 0.717) is 31.6 Å². The molecule has 1 aliphatic heterocycles. The van der Waals surface area contributed by atoms with Gasteiger partial charge in [0.15, 0.2) is 0 Å². The van der Waals surface area contributed by atoms with Crippen LogP contribution in [0.2, 0.25) is 0 Å². The first kappa shape index (κ1) is 28.2. The highest BCUT2D eigenvalue weighted by atomic mass is 32.2. The standard InChI is InChI=1S/C19H31N5O8S/c1-33-8-6-10(20)18(30)24-7-2-3-13(24)17(29)23-12(9-14(21)25)16(28)22-11(19(31)32)4-5-15(26)27/h10-13H,2-9,20H2,1H3,(H2,21,25)(H,22,28)(H,23,29)(H,26,27)(H,31,32). The summed E-state index contributed by atoms with van der Waals surface area (Å²) in [6, 6.07) is -4.71. The number of carbonyl (C=O) groups is 6. The van der Waals surface area contributed by atoms with E-state index in [-0.39, 0.29) is 0 Å². The first-order valence-electron chi connectivity index (χ1n) is 10.4. The molecule has 8 N–H and O–H groups in total. The quantitative estimate of drug-likeness (QED) is 0.155. The second-order valence-electron chi connectivity index (χ2n) is 7.64. The number of carboxylic acid groups (broad SMARTS) is 2. The summed E-state index contributed by atoms with van der Waals surface area (Å²) >= 11 is 1.53. The van der Waals surface area contributed by atoms with Crippen molar-refractivity contribution in [2.75, 3.05) is 18.6 Å². The monoisotopic (exact) mass is 489 g/mol. The van der Waals surface area contributed by atoms with Crippen LogP contribution in [0.5, 0.6) is 0 Å². The molecule has 0 spiro atoms. The minimum absolute atomic E-state index is 0.312. The zero-order valence-corrected chi connectivity index (χ0v) is 19.1. The first-order valence-corrected chi connectivity index (χ1v) is 11.8. The predicted octanol–water partition coefficient (Wildman–Crippen LogP) is -2.15. The van der Waals surface area contributed by atoms with Gasteiger partial charge in [-0.25, -0.2) is 4.79 Å². The van der Waals surface area contributed by atoms with Gasteiger partial charge in [-0.2, -0.15) is 11.8 Å². The smallest absolute Gasteiger partial charge is 0.326 e. The topological polar surface area (TPSA) is 222 Å². The summed E-state index contributed by atoms with van der Waals surface area (Å²) < 4.78 is 0. The minimum atomic E-state index is -1.54. The summed E-state index contributed by atoms with van der Waals surface area (Å²) in [6.07, 6.45) is 1.66. The van der Waals surface area contributed by atoms with E-state index >= 15 is 0 Å². The highest BCUT2D eigenvalue weighted by Gasteiger charge is 2.38. The Morgan fingerprint density at radius 1 is 1.09 bits per heavy atom. The van der Waals surface area contributed by atoms with Crippen molar-refractivity contribution in [2.45, 2.75) is 62.7 Å². The molecule has 4 amide bonds. The normalized spacial score (nSPS) is 18.1. The van der Waals surface area contributed by atoms with Gasteiger partial charge in [-0.1, -0.05) is 0 Å². The molecule has 186 valence electrons. The Labute approximate surface area is 195 Å². The lowest BCUT2D eigenvalue weighted by Crippen LogP contribution is -2.57. The zero-order valence-electron chi connectivity index (χ0n) is 18.3. The average molecular weight is 490 g/mol. The first-order chi connectivity index (χ1) is 15.5. The van der Waals surface area contributed by atoms with Crippen molar-refractivity contribution in [3.63, 3.8) is 0 Å². The molecule has 0 aromatic carbocycles. The maximum atomic E-state index is 12.9. The van der Waals surface area contributed by atoms with E-state index in [2.05, 4.69) is 10.6 Å². The lowest BCUT2D eigenvalue weighted by molar-refractivity contribution is -0.144. The van der Waals surface area contributed by atoms with Gasteiger partial charge in [0.1, 0.15) is 18.1 Å². The zero-order chi connectivity index (χ0) is 25.1. The molecule has 0 radical (unpaired) electrons. The highest BCUT2D eigenvalue weighted by Crippen LogP contribution is 2.19. The Hall–Kier alpha value is -2.87. The van der Waals surface area contributed by atoms with Gasteiger partial charge in [0, 0.05) is 13.0 Å². The summed E-state index contributed by atoms with van der Waals surface area (Å²) in [5.41, 5.74) is 11.1. The van der Waals surface area contributed by atoms with Crippen LogP contribution in [0, 0.1) is 0 Å². The number of nitrogens with zero attached hydrogens (tertiary/aromatic N) is 1. The third-order valence-corrected chi connectivity index (χ3v) is 5.73. The Morgan fingerprint density at radius 3 is 2.30 bits per heavy atom. The van der Waals surface area contributed by atoms with Crippen molar-refractivity contribution in [1.29, 1.82) is 0 Å². The van der Waals surface area contributed by atoms with Crippen LogP contribution >= 0.6 is 11.8 Å². The molecule has 33 heavy (non-hydrogen) atoms. The molecule has 1 saturated heterocycles. The number of hydrogen-bond acceptors (Lipinski definition) is 8. The molecule has 1 heterocycles. The number of nitrogens with one attached hydrogen (secondary N) is 2. The molecular formula is C19H31N5O8S. The Balaban J connectivity index is 2.89. The lowest BCUT2D eigenvalue weighted by Gasteiger charge is -2.28. The lowest BCUT2D eigenvalue weighted by atomic mass is 10.1. The van der Waals surface area contributed by atoms with Crippen LogP contribution in [0.4, 0.5) is 0 Å². The van der Waals surface area contributed by atoms with Crippen LogP contribution in [0.15, 0.2) is 0 Å². The number of aliphatic carboxylic acids is 2. The average Bonchev–Trinajstić information content (AvgIpc) is 3.22. The molecule has 0 saturated carbocycles. The largest absolute Gasteiger partial charge is 0.481 e. The number of hydrogen-bond donors (Lipinski definition) is 6. The predicted molar refractivity (Wildman–Crippen MR) is 118 cm³/mol. The van der Waals surface area contributed by atoms with Crippen molar-refractivity contribution in [3.8, 4) is 0 Å². The third kappa shape index (κ3) is 9.26. The van der Waals surface area contributed by atoms with Crippen LogP contribution < -0.4 is 22.1 Å². The second kappa shape index (κ2) is 13.6. The van der Waals surface area contributed by atoms with Gasteiger partial charge < -0.3 is 37.2 Å². The van der Waals surface area contributed by atoms with E-state index in [1.54, 1.807) is 0 Å². The number of amides is 4. The van der Waals surface area contributed by atoms with Gasteiger partial charge in [0.2, 0.25) is 23.6 Å². The summed E-state index contributed by atoms with van der Waals surface area (Å²) in [6.45, 7) is 0.312. The molecule has 4 atom stereocenters. The van der Waals surface area contributed by atoms with Crippen molar-refractivity contribution < 1.29 is 39.0 Å². The summed E-state index contributed by atoms with van der Waals surface area (Å²) in [4.78, 5) is 72.9. The summed E-state index contributed by atoms with van der Waals surface area (Å²) in [5, 5.41) is 22.4. The maximum absolute atomic E-state index is 12.9. The molecular weight excluding hydrogens is 458 g/mol. The Kier molecular flexibility index (Phi) is 11.6. The number of carbonyl (C=O) groups excluding carboxylic acids is 4. The molecule has 4 unspecified atom stereocenters. The van der Waals surface area contributed by atoms with E-state index in [4.69, 9.17) is 16.6 Å². The third-order valence-electron chi connectivity index (χ3n) is 5.09. The number of nitrogens with two attached hydrogens (primary N) is 2. The fourth-order valence-corrected chi connectivity index (χ4v) is 3.85. The fourth-order valence-electron chi connectivity index (χ4n) is 3.36. The van der Waals surface area contributed by atoms with Gasteiger partial charge >= 0.3 is 11.9 Å². The minimum Gasteiger partial charge on any atom is -0.481 e. The Bertz CT molecular complexity index is 764. The van der Waals surface area contributed by atoms with Gasteiger partial charge in [-0.15, -0.1) is 0 Å². The van der Waals surface area contributed by atoms with E-state index in [1.807, 2.05) is 6.26 Å². The molecule has 0 aromatic rings. The molecule has 0 aliphatic carbocycles. The van der Waals surface area contributed by atoms with Crippen LogP contribution in [0.1, 0.15) is 38.5 Å². The van der Waals surface area contributed by atoms with Crippen molar-refractivity contribution >= 4 is 47.3 Å². The Morgan fingerprint density at radius 2 is 1.76 bits per heavy atom. The number of carboxylic acids is 2. The molecule has 13 nitrogen and oxygen atoms in total. The van der Waals surface area contributed by atoms with Gasteiger partial charge in [-0.05, 0) is 37.7 Å². The van der Waals surface area contributed by atoms with E-state index in [1.165, 1.54) is 16.7 Å². The molecule has 0 aromatic heterocycles. The molecule has 0 bridgehead atoms. The van der Waals surface area contributed by atoms with Crippen molar-refractivity contribution in [2.24, 2.45) is 11.5 Å². The molecule has 1 fully saturated rings. The van der Waals surface area contributed by atoms with Gasteiger partial charge in [0.25, 0.3) is 0 Å². The van der Waals surface area contributed by atoms with E-state index in [9.17, 15) is 33.9 Å². The summed E-state index contributed by atoms with van der Waals surface area (Å²) in [5.74, 6) is -5.07. The summed E-state index contributed by atoms with van der Waals surface area (Å²) in [7, 11) is 0. The van der Waals surface area contributed by atoms with Crippen molar-refractivity contribution in [1.82, 2.24) is 15.5 Å². The van der Waals surface area contributed by atoms with Gasteiger partial charge in [0.05, 0.1) is 12.5 Å². The molecule has 14 heteroatoms. The molecule has 1 rings (SSSR count). The number of rotatable bonds is 14. The van der Waals surface area contributed by atoms with Crippen LogP contribution in [0.3, 0.4) is 0 Å². The van der Waals surface area contributed by atoms with Crippen LogP contribution in [0.25, 0.3) is 0 Å². The second-order valence-corrected chi connectivity index (χ2v) is 8.63. The SMILES string of the molecule is CSCCC(N)C(=O)N1CCCC1C(=O)NC(CC(N)=O)C(=O)NC(CCC(=O)O)C(=O)O. The number of thioether (sulfide) groups is 1. The fraction of sp³-hybridized carbons (Fsp3) is 0.684. The van der Waals surface area contributed by atoms with E-state index in [0.717, 1.165) is 0 Å². The number of primary amides is 1. The van der Waals surface area contributed by atoms with Crippen LogP contribution in [-0.2, 0) is 28.8 Å². The molecule has 1 aliphatic rings. The van der Waals surface area contributed by atoms with Crippen LogP contribution in [-0.4, -0.2) is 93.4 Å². The van der Waals surface area contributed by atoms with Crippen molar-refractivity contribution in [3.05, 3.63) is 0 Å². The highest BCUT2D eigenvalue weighted by molar-refractivity contribution is 7.98. The number of likely N-dealkylation sites (tertiary alicyclic amines) is 1. The van der Waals surface area contributed by atoms with Gasteiger partial charge in [-0.3, -0.25) is 24.0 Å².